The zero-order valence-electron chi connectivity index (χ0n) is 19.8. The molecule has 1 amide bonds. The van der Waals surface area contributed by atoms with Gasteiger partial charge in [-0.15, -0.1) is 0 Å². The number of amides is 1. The van der Waals surface area contributed by atoms with Gasteiger partial charge in [-0.05, 0) is 80.0 Å². The molecule has 1 N–H and O–H groups in total. The molecule has 0 aliphatic carbocycles. The van der Waals surface area contributed by atoms with Crippen LogP contribution in [-0.4, -0.2) is 56.0 Å². The molecule has 11 heteroatoms. The molecule has 0 heterocycles. The van der Waals surface area contributed by atoms with Gasteiger partial charge in [-0.2, -0.15) is 0 Å². The van der Waals surface area contributed by atoms with Crippen LogP contribution in [0, 0.1) is 3.57 Å². The van der Waals surface area contributed by atoms with E-state index in [1.54, 1.807) is 33.8 Å². The van der Waals surface area contributed by atoms with Crippen LogP contribution in [0.1, 0.15) is 45.7 Å². The summed E-state index contributed by atoms with van der Waals surface area (Å²) in [4.78, 5) is 38.0. The van der Waals surface area contributed by atoms with E-state index in [4.69, 9.17) is 18.5 Å². The van der Waals surface area contributed by atoms with Crippen molar-refractivity contribution in [3.63, 3.8) is 0 Å². The Hall–Kier alpha value is -1.49. The Bertz CT molecular complexity index is 848. The lowest BCUT2D eigenvalue weighted by Crippen LogP contribution is -2.62. The molecule has 0 saturated heterocycles. The van der Waals surface area contributed by atoms with E-state index in [0.717, 1.165) is 9.13 Å². The molecule has 1 rings (SSSR count). The molecule has 0 unspecified atom stereocenters. The van der Waals surface area contributed by atoms with Crippen molar-refractivity contribution in [1.29, 1.82) is 0 Å². The predicted octanol–water partition coefficient (Wildman–Crippen LogP) is 3.64. The molecular formula is C22H33INO8P. The van der Waals surface area contributed by atoms with E-state index in [9.17, 15) is 18.9 Å². The van der Waals surface area contributed by atoms with Crippen LogP contribution in [0.4, 0.5) is 0 Å². The van der Waals surface area contributed by atoms with Gasteiger partial charge in [-0.1, -0.05) is 6.07 Å². The third kappa shape index (κ3) is 8.66. The molecule has 0 aliphatic rings. The SMILES string of the molecule is CCOC(=O)C(Cc1cc(I)ccc1CCP(=O)(OCC)OCC)(NC(C)=O)C(=O)OCC. The van der Waals surface area contributed by atoms with E-state index < -0.39 is 31.0 Å². The number of ether oxygens (including phenoxy) is 2. The lowest BCUT2D eigenvalue weighted by Gasteiger charge is -2.30. The lowest BCUT2D eigenvalue weighted by atomic mass is 9.87. The third-order valence-electron chi connectivity index (χ3n) is 4.57. The van der Waals surface area contributed by atoms with Crippen LogP contribution in [0.25, 0.3) is 0 Å². The fourth-order valence-electron chi connectivity index (χ4n) is 3.29. The minimum absolute atomic E-state index is 0.0185. The molecule has 0 aliphatic heterocycles. The maximum Gasteiger partial charge on any atom is 0.344 e. The summed E-state index contributed by atoms with van der Waals surface area (Å²) in [5.41, 5.74) is -0.713. The van der Waals surface area contributed by atoms with Crippen LogP contribution in [0.5, 0.6) is 0 Å². The van der Waals surface area contributed by atoms with E-state index in [1.165, 1.54) is 6.92 Å². The molecular weight excluding hydrogens is 564 g/mol. The molecule has 33 heavy (non-hydrogen) atoms. The van der Waals surface area contributed by atoms with Crippen molar-refractivity contribution in [2.75, 3.05) is 32.6 Å². The predicted molar refractivity (Wildman–Crippen MR) is 132 cm³/mol. The molecule has 0 aromatic heterocycles. The fraction of sp³-hybridized carbons (Fsp3) is 0.591. The second-order valence-corrected chi connectivity index (χ2v) is 10.5. The maximum absolute atomic E-state index is 13.0. The Balaban J connectivity index is 3.46. The number of aryl methyl sites for hydroxylation is 1. The summed E-state index contributed by atoms with van der Waals surface area (Å²) in [6, 6.07) is 5.49. The standard InChI is InChI=1S/C22H33INO8P/c1-6-29-20(26)22(24-16(5)25,21(27)30-7-2)15-18-14-19(23)11-10-17(18)12-13-33(28,31-8-3)32-9-4/h10-11,14H,6-9,12-13,15H2,1-5H3,(H,24,25). The van der Waals surface area contributed by atoms with Gasteiger partial charge < -0.3 is 23.8 Å². The minimum Gasteiger partial charge on any atom is -0.464 e. The van der Waals surface area contributed by atoms with Crippen molar-refractivity contribution >= 4 is 48.0 Å². The number of hydrogen-bond acceptors (Lipinski definition) is 8. The maximum atomic E-state index is 13.0. The molecule has 0 fully saturated rings. The average Bonchev–Trinajstić information content (AvgIpc) is 2.73. The number of esters is 2. The van der Waals surface area contributed by atoms with E-state index in [0.29, 0.717) is 12.0 Å². The van der Waals surface area contributed by atoms with E-state index >= 15 is 0 Å². The monoisotopic (exact) mass is 597 g/mol. The first-order valence-electron chi connectivity index (χ1n) is 10.9. The molecule has 186 valence electrons. The number of hydrogen-bond donors (Lipinski definition) is 1. The summed E-state index contributed by atoms with van der Waals surface area (Å²) < 4.78 is 34.8. The van der Waals surface area contributed by atoms with Gasteiger partial charge >= 0.3 is 19.5 Å². The van der Waals surface area contributed by atoms with E-state index in [-0.39, 0.29) is 39.0 Å². The summed E-state index contributed by atoms with van der Waals surface area (Å²) in [5.74, 6) is -2.39. The van der Waals surface area contributed by atoms with Gasteiger partial charge in [0.25, 0.3) is 0 Å². The Labute approximate surface area is 208 Å². The van der Waals surface area contributed by atoms with Gasteiger partial charge in [-0.3, -0.25) is 9.36 Å². The van der Waals surface area contributed by atoms with Crippen LogP contribution in [-0.2, 0) is 50.3 Å². The van der Waals surface area contributed by atoms with Gasteiger partial charge in [0.2, 0.25) is 11.4 Å². The normalized spacial score (nSPS) is 11.7. The highest BCUT2D eigenvalue weighted by atomic mass is 127. The number of rotatable bonds is 14. The van der Waals surface area contributed by atoms with Crippen molar-refractivity contribution in [3.05, 3.63) is 32.9 Å². The van der Waals surface area contributed by atoms with E-state index in [2.05, 4.69) is 27.9 Å². The zero-order chi connectivity index (χ0) is 25.1. The molecule has 0 bridgehead atoms. The molecule has 0 radical (unpaired) electrons. The van der Waals surface area contributed by atoms with Crippen molar-refractivity contribution in [2.24, 2.45) is 0 Å². The summed E-state index contributed by atoms with van der Waals surface area (Å²) >= 11 is 2.11. The Morgan fingerprint density at radius 1 is 0.939 bits per heavy atom. The number of benzene rings is 1. The highest BCUT2D eigenvalue weighted by molar-refractivity contribution is 14.1. The Morgan fingerprint density at radius 3 is 1.94 bits per heavy atom. The molecule has 1 aromatic rings. The van der Waals surface area contributed by atoms with Gasteiger partial charge in [0.05, 0.1) is 32.6 Å². The zero-order valence-corrected chi connectivity index (χ0v) is 22.8. The first kappa shape index (κ1) is 29.5. The first-order chi connectivity index (χ1) is 15.6. The minimum atomic E-state index is -3.30. The van der Waals surface area contributed by atoms with Crippen molar-refractivity contribution in [2.45, 2.75) is 53.0 Å². The number of nitrogens with one attached hydrogen (secondary N) is 1. The molecule has 0 saturated carbocycles. The van der Waals surface area contributed by atoms with Crippen LogP contribution in [0.3, 0.4) is 0 Å². The van der Waals surface area contributed by atoms with Crippen LogP contribution >= 0.6 is 30.2 Å². The summed E-state index contributed by atoms with van der Waals surface area (Å²) in [7, 11) is -3.30. The van der Waals surface area contributed by atoms with Crippen LogP contribution < -0.4 is 5.32 Å². The van der Waals surface area contributed by atoms with E-state index in [1.807, 2.05) is 12.1 Å². The highest BCUT2D eigenvalue weighted by Gasteiger charge is 2.50. The smallest absolute Gasteiger partial charge is 0.344 e. The van der Waals surface area contributed by atoms with Gasteiger partial charge in [0.15, 0.2) is 0 Å². The molecule has 9 nitrogen and oxygen atoms in total. The van der Waals surface area contributed by atoms with Gasteiger partial charge in [0, 0.05) is 16.9 Å². The summed E-state index contributed by atoms with van der Waals surface area (Å²) in [6.07, 6.45) is 0.240. The third-order valence-corrected chi connectivity index (χ3v) is 7.31. The largest absolute Gasteiger partial charge is 0.464 e. The average molecular weight is 597 g/mol. The lowest BCUT2D eigenvalue weighted by molar-refractivity contribution is -0.168. The van der Waals surface area contributed by atoms with Crippen molar-refractivity contribution in [3.8, 4) is 0 Å². The number of halogens is 1. The Kier molecular flexibility index (Phi) is 12.6. The van der Waals surface area contributed by atoms with Crippen LogP contribution in [0.2, 0.25) is 0 Å². The van der Waals surface area contributed by atoms with Crippen LogP contribution in [0.15, 0.2) is 18.2 Å². The second kappa shape index (κ2) is 14.0. The molecule has 0 atom stereocenters. The Morgan fingerprint density at radius 2 is 1.48 bits per heavy atom. The topological polar surface area (TPSA) is 117 Å². The number of carbonyl (C=O) groups is 3. The van der Waals surface area contributed by atoms with Gasteiger partial charge in [0.1, 0.15) is 0 Å². The van der Waals surface area contributed by atoms with Crippen molar-refractivity contribution in [1.82, 2.24) is 5.32 Å². The summed E-state index contributed by atoms with van der Waals surface area (Å²) in [6.45, 7) is 8.43. The highest BCUT2D eigenvalue weighted by Crippen LogP contribution is 2.48. The second-order valence-electron chi connectivity index (χ2n) is 7.04. The molecule has 1 aromatic carbocycles. The fourth-order valence-corrected chi connectivity index (χ4v) is 5.48. The van der Waals surface area contributed by atoms with Crippen molar-refractivity contribution < 1.29 is 37.5 Å². The first-order valence-corrected chi connectivity index (χ1v) is 13.7. The quantitative estimate of drug-likeness (QED) is 0.150. The van der Waals surface area contributed by atoms with Gasteiger partial charge in [-0.25, -0.2) is 9.59 Å². The number of carbonyl (C=O) groups excluding carboxylic acids is 3. The molecule has 0 spiro atoms. The summed E-state index contributed by atoms with van der Waals surface area (Å²) in [5, 5.41) is 2.48.